The standard InChI is InChI=1S/C20H14F3N3O/c21-12-2-4-17-14(10-12)18-13(6-8-25-20(18)27)19(26-17)24-7-5-11-1-3-15(22)16(23)9-11/h1-4,6,8-10H,5,7H2,(H,24,26)(H,25,27). The van der Waals surface area contributed by atoms with E-state index in [0.717, 1.165) is 12.1 Å². The van der Waals surface area contributed by atoms with E-state index in [9.17, 15) is 18.0 Å². The van der Waals surface area contributed by atoms with E-state index in [-0.39, 0.29) is 5.56 Å². The van der Waals surface area contributed by atoms with Crippen LogP contribution >= 0.6 is 0 Å². The molecule has 0 saturated heterocycles. The number of halogens is 3. The molecule has 0 saturated carbocycles. The van der Waals surface area contributed by atoms with Crippen LogP contribution in [0.15, 0.2) is 53.5 Å². The Labute approximate surface area is 151 Å². The van der Waals surface area contributed by atoms with Gasteiger partial charge in [0.25, 0.3) is 5.56 Å². The molecule has 2 N–H and O–H groups in total. The molecule has 4 rings (SSSR count). The van der Waals surface area contributed by atoms with Crippen LogP contribution in [0.1, 0.15) is 5.56 Å². The maximum atomic E-state index is 13.6. The minimum atomic E-state index is -0.893. The molecule has 0 aliphatic rings. The second-order valence-electron chi connectivity index (χ2n) is 6.14. The highest BCUT2D eigenvalue weighted by atomic mass is 19.2. The van der Waals surface area contributed by atoms with E-state index in [4.69, 9.17) is 0 Å². The van der Waals surface area contributed by atoms with Crippen molar-refractivity contribution in [3.63, 3.8) is 0 Å². The van der Waals surface area contributed by atoms with Crippen molar-refractivity contribution >= 4 is 27.5 Å². The molecule has 2 aromatic carbocycles. The zero-order valence-corrected chi connectivity index (χ0v) is 14.0. The van der Waals surface area contributed by atoms with Crippen molar-refractivity contribution in [3.8, 4) is 0 Å². The number of nitrogens with one attached hydrogen (secondary N) is 2. The summed E-state index contributed by atoms with van der Waals surface area (Å²) in [5.74, 6) is -1.76. The summed E-state index contributed by atoms with van der Waals surface area (Å²) < 4.78 is 40.0. The van der Waals surface area contributed by atoms with Crippen LogP contribution < -0.4 is 10.9 Å². The fraction of sp³-hybridized carbons (Fsp3) is 0.100. The predicted octanol–water partition coefficient (Wildman–Crippen LogP) is 4.15. The molecule has 0 atom stereocenters. The third kappa shape index (κ3) is 3.23. The van der Waals surface area contributed by atoms with Crippen molar-refractivity contribution in [1.29, 1.82) is 0 Å². The number of rotatable bonds is 4. The van der Waals surface area contributed by atoms with Gasteiger partial charge in [0.05, 0.1) is 10.9 Å². The molecule has 2 heterocycles. The number of aromatic amines is 1. The highest BCUT2D eigenvalue weighted by Gasteiger charge is 2.12. The Morgan fingerprint density at radius 1 is 0.963 bits per heavy atom. The Hall–Kier alpha value is -3.35. The van der Waals surface area contributed by atoms with Gasteiger partial charge in [-0.25, -0.2) is 18.2 Å². The molecular formula is C20H14F3N3O. The second kappa shape index (κ2) is 6.75. The van der Waals surface area contributed by atoms with Crippen LogP contribution in [0.2, 0.25) is 0 Å². The third-order valence-electron chi connectivity index (χ3n) is 4.37. The van der Waals surface area contributed by atoms with Gasteiger partial charge in [-0.05, 0) is 48.4 Å². The van der Waals surface area contributed by atoms with Crippen LogP contribution in [-0.4, -0.2) is 16.5 Å². The smallest absolute Gasteiger partial charge is 0.256 e. The Kier molecular flexibility index (Phi) is 4.27. The number of pyridine rings is 2. The predicted molar refractivity (Wildman–Crippen MR) is 98.4 cm³/mol. The van der Waals surface area contributed by atoms with Crippen molar-refractivity contribution in [1.82, 2.24) is 9.97 Å². The number of nitrogens with zero attached hydrogens (tertiary/aromatic N) is 1. The SMILES string of the molecule is O=c1[nH]ccc2c(NCCc3ccc(F)c(F)c3)nc3ccc(F)cc3c12. The number of H-pyrrole nitrogens is 1. The number of benzene rings is 2. The van der Waals surface area contributed by atoms with E-state index in [1.807, 2.05) is 0 Å². The van der Waals surface area contributed by atoms with Crippen molar-refractivity contribution in [2.75, 3.05) is 11.9 Å². The minimum absolute atomic E-state index is 0.339. The molecule has 0 amide bonds. The fourth-order valence-corrected chi connectivity index (χ4v) is 3.09. The van der Waals surface area contributed by atoms with Gasteiger partial charge in [0, 0.05) is 23.5 Å². The molecule has 27 heavy (non-hydrogen) atoms. The van der Waals surface area contributed by atoms with E-state index in [1.54, 1.807) is 6.07 Å². The van der Waals surface area contributed by atoms with E-state index >= 15 is 0 Å². The molecule has 136 valence electrons. The van der Waals surface area contributed by atoms with Crippen LogP contribution in [0.25, 0.3) is 21.7 Å². The van der Waals surface area contributed by atoms with Gasteiger partial charge in [-0.2, -0.15) is 0 Å². The van der Waals surface area contributed by atoms with Gasteiger partial charge in [-0.1, -0.05) is 6.07 Å². The molecule has 4 nitrogen and oxygen atoms in total. The monoisotopic (exact) mass is 369 g/mol. The topological polar surface area (TPSA) is 57.8 Å². The van der Waals surface area contributed by atoms with Gasteiger partial charge >= 0.3 is 0 Å². The average Bonchev–Trinajstić information content (AvgIpc) is 2.65. The van der Waals surface area contributed by atoms with Crippen molar-refractivity contribution in [2.24, 2.45) is 0 Å². The molecule has 0 spiro atoms. The molecule has 0 unspecified atom stereocenters. The second-order valence-corrected chi connectivity index (χ2v) is 6.14. The largest absolute Gasteiger partial charge is 0.369 e. The van der Waals surface area contributed by atoms with Crippen LogP contribution in [0.4, 0.5) is 19.0 Å². The third-order valence-corrected chi connectivity index (χ3v) is 4.37. The van der Waals surface area contributed by atoms with Crippen molar-refractivity contribution < 1.29 is 13.2 Å². The quantitative estimate of drug-likeness (QED) is 0.532. The lowest BCUT2D eigenvalue weighted by atomic mass is 10.1. The Balaban J connectivity index is 1.70. The summed E-state index contributed by atoms with van der Waals surface area (Å²) in [4.78, 5) is 19.4. The zero-order valence-electron chi connectivity index (χ0n) is 14.0. The Bertz CT molecular complexity index is 1220. The molecule has 2 aromatic heterocycles. The van der Waals surface area contributed by atoms with E-state index in [1.165, 1.54) is 30.5 Å². The number of hydrogen-bond donors (Lipinski definition) is 2. The zero-order chi connectivity index (χ0) is 19.0. The van der Waals surface area contributed by atoms with Crippen LogP contribution in [0.5, 0.6) is 0 Å². The van der Waals surface area contributed by atoms with Gasteiger partial charge in [0.1, 0.15) is 11.6 Å². The fourth-order valence-electron chi connectivity index (χ4n) is 3.09. The minimum Gasteiger partial charge on any atom is -0.369 e. The first-order valence-electron chi connectivity index (χ1n) is 8.31. The van der Waals surface area contributed by atoms with Gasteiger partial charge in [-0.3, -0.25) is 4.79 Å². The summed E-state index contributed by atoms with van der Waals surface area (Å²) in [6, 6.07) is 9.51. The van der Waals surface area contributed by atoms with Gasteiger partial charge in [-0.15, -0.1) is 0 Å². The lowest BCUT2D eigenvalue weighted by molar-refractivity contribution is 0.507. The van der Waals surface area contributed by atoms with Gasteiger partial charge in [0.15, 0.2) is 11.6 Å². The first-order chi connectivity index (χ1) is 13.0. The molecule has 0 fully saturated rings. The maximum absolute atomic E-state index is 13.6. The van der Waals surface area contributed by atoms with Crippen molar-refractivity contribution in [2.45, 2.75) is 6.42 Å². The van der Waals surface area contributed by atoms with E-state index in [0.29, 0.717) is 46.0 Å². The summed E-state index contributed by atoms with van der Waals surface area (Å²) in [5, 5.41) is 4.46. The van der Waals surface area contributed by atoms with Crippen LogP contribution in [-0.2, 0) is 6.42 Å². The maximum Gasteiger partial charge on any atom is 0.256 e. The lowest BCUT2D eigenvalue weighted by Gasteiger charge is -2.11. The summed E-state index contributed by atoms with van der Waals surface area (Å²) in [5.41, 5.74) is 0.775. The molecule has 0 bridgehead atoms. The van der Waals surface area contributed by atoms with Crippen LogP contribution in [0.3, 0.4) is 0 Å². The molecular weight excluding hydrogens is 355 g/mol. The van der Waals surface area contributed by atoms with E-state index in [2.05, 4.69) is 15.3 Å². The first kappa shape index (κ1) is 17.1. The number of aromatic nitrogens is 2. The summed E-state index contributed by atoms with van der Waals surface area (Å²) in [6.07, 6.45) is 1.93. The summed E-state index contributed by atoms with van der Waals surface area (Å²) in [6.45, 7) is 0.396. The molecule has 0 radical (unpaired) electrons. The number of hydrogen-bond acceptors (Lipinski definition) is 3. The van der Waals surface area contributed by atoms with Crippen molar-refractivity contribution in [3.05, 3.63) is 82.0 Å². The molecule has 0 aliphatic heterocycles. The van der Waals surface area contributed by atoms with Gasteiger partial charge < -0.3 is 10.3 Å². The summed E-state index contributed by atoms with van der Waals surface area (Å²) >= 11 is 0. The Morgan fingerprint density at radius 2 is 1.81 bits per heavy atom. The molecule has 7 heteroatoms. The highest BCUT2D eigenvalue weighted by Crippen LogP contribution is 2.27. The molecule has 4 aromatic rings. The Morgan fingerprint density at radius 3 is 2.63 bits per heavy atom. The molecule has 0 aliphatic carbocycles. The highest BCUT2D eigenvalue weighted by molar-refractivity contribution is 6.09. The summed E-state index contributed by atoms with van der Waals surface area (Å²) in [7, 11) is 0. The van der Waals surface area contributed by atoms with Crippen LogP contribution in [0, 0.1) is 17.5 Å². The van der Waals surface area contributed by atoms with E-state index < -0.39 is 17.5 Å². The average molecular weight is 369 g/mol. The number of fused-ring (bicyclic) bond motifs is 3. The number of anilines is 1. The lowest BCUT2D eigenvalue weighted by Crippen LogP contribution is -2.11. The normalized spacial score (nSPS) is 11.2. The van der Waals surface area contributed by atoms with Gasteiger partial charge in [0.2, 0.25) is 0 Å². The first-order valence-corrected chi connectivity index (χ1v) is 8.31.